The smallest absolute Gasteiger partial charge is 0.196 e. The molecule has 0 aliphatic carbocycles. The standard InChI is InChI=1S/C22H19FN6O2.ClH/c1-11-19-20(17-4-5-18(31-17)29-7-6-12(25)10-29)15(9-24)21(26-22(19)28-27-11)14-3-2-13(30)8-16(14)23;/h2-5,8,12,30H,6-7,10,25H2,1H3,(H,26,27,28);1H/t12-;/m0./s1. The SMILES string of the molecule is Cc1[nH]nc2nc(-c3ccc(O)cc3F)c(C#N)c(-c3ccc(N4CC[C@H](N)C4)o3)c12.Cl. The van der Waals surface area contributed by atoms with E-state index in [4.69, 9.17) is 10.2 Å². The summed E-state index contributed by atoms with van der Waals surface area (Å²) in [4.78, 5) is 6.51. The number of halogens is 2. The lowest BCUT2D eigenvalue weighted by atomic mass is 9.96. The highest BCUT2D eigenvalue weighted by atomic mass is 35.5. The van der Waals surface area contributed by atoms with Crippen molar-refractivity contribution in [1.82, 2.24) is 15.2 Å². The number of benzene rings is 1. The lowest BCUT2D eigenvalue weighted by molar-refractivity contribution is 0.469. The normalized spacial score (nSPS) is 15.7. The maximum Gasteiger partial charge on any atom is 0.196 e. The molecule has 1 saturated heterocycles. The minimum absolute atomic E-state index is 0. The molecule has 3 aromatic heterocycles. The lowest BCUT2D eigenvalue weighted by Gasteiger charge is -2.14. The van der Waals surface area contributed by atoms with Gasteiger partial charge in [0.2, 0.25) is 0 Å². The second-order valence-corrected chi connectivity index (χ2v) is 7.67. The molecule has 4 heterocycles. The molecule has 0 radical (unpaired) electrons. The average molecular weight is 455 g/mol. The second-order valence-electron chi connectivity index (χ2n) is 7.67. The highest BCUT2D eigenvalue weighted by Gasteiger charge is 2.26. The zero-order valence-corrected chi connectivity index (χ0v) is 17.9. The summed E-state index contributed by atoms with van der Waals surface area (Å²) in [6.45, 7) is 3.31. The molecule has 1 fully saturated rings. The number of rotatable bonds is 3. The Morgan fingerprint density at radius 2 is 2.16 bits per heavy atom. The molecule has 1 aromatic carbocycles. The van der Waals surface area contributed by atoms with Crippen LogP contribution in [-0.4, -0.2) is 39.4 Å². The molecular weight excluding hydrogens is 435 g/mol. The van der Waals surface area contributed by atoms with Crippen LogP contribution in [0.4, 0.5) is 10.3 Å². The first-order valence-electron chi connectivity index (χ1n) is 9.84. The van der Waals surface area contributed by atoms with Gasteiger partial charge in [0.25, 0.3) is 0 Å². The number of phenolic OH excluding ortho intramolecular Hbond substituents is 1. The Kier molecular flexibility index (Phi) is 5.50. The summed E-state index contributed by atoms with van der Waals surface area (Å²) in [5.41, 5.74) is 7.96. The molecule has 164 valence electrons. The second kappa shape index (κ2) is 8.15. The van der Waals surface area contributed by atoms with Gasteiger partial charge in [0.15, 0.2) is 11.5 Å². The molecule has 1 aliphatic rings. The van der Waals surface area contributed by atoms with Crippen molar-refractivity contribution >= 4 is 29.3 Å². The van der Waals surface area contributed by atoms with Gasteiger partial charge >= 0.3 is 0 Å². The van der Waals surface area contributed by atoms with Crippen LogP contribution in [-0.2, 0) is 0 Å². The molecule has 5 rings (SSSR count). The van der Waals surface area contributed by atoms with E-state index in [1.165, 1.54) is 12.1 Å². The van der Waals surface area contributed by atoms with Crippen LogP contribution in [0.15, 0.2) is 34.7 Å². The third-order valence-electron chi connectivity index (χ3n) is 5.58. The number of hydrogen-bond donors (Lipinski definition) is 3. The Bertz CT molecular complexity index is 1360. The summed E-state index contributed by atoms with van der Waals surface area (Å²) < 4.78 is 20.8. The van der Waals surface area contributed by atoms with Gasteiger partial charge in [-0.2, -0.15) is 10.4 Å². The number of aryl methyl sites for hydroxylation is 1. The third-order valence-corrected chi connectivity index (χ3v) is 5.58. The maximum absolute atomic E-state index is 14.7. The van der Waals surface area contributed by atoms with Gasteiger partial charge in [-0.15, -0.1) is 12.4 Å². The molecule has 10 heteroatoms. The van der Waals surface area contributed by atoms with Gasteiger partial charge in [0, 0.05) is 42.5 Å². The van der Waals surface area contributed by atoms with Crippen LogP contribution in [0.1, 0.15) is 17.7 Å². The van der Waals surface area contributed by atoms with Crippen molar-refractivity contribution < 1.29 is 13.9 Å². The Hall–Kier alpha value is -3.61. The lowest BCUT2D eigenvalue weighted by Crippen LogP contribution is -2.25. The number of hydrogen-bond acceptors (Lipinski definition) is 7. The number of fused-ring (bicyclic) bond motifs is 1. The van der Waals surface area contributed by atoms with E-state index in [0.29, 0.717) is 40.5 Å². The zero-order valence-electron chi connectivity index (χ0n) is 17.1. The van der Waals surface area contributed by atoms with Gasteiger partial charge in [0.05, 0.1) is 22.2 Å². The molecule has 0 bridgehead atoms. The summed E-state index contributed by atoms with van der Waals surface area (Å²) >= 11 is 0. The van der Waals surface area contributed by atoms with Crippen LogP contribution in [0, 0.1) is 24.1 Å². The number of nitriles is 1. The van der Waals surface area contributed by atoms with E-state index >= 15 is 0 Å². The fourth-order valence-electron chi connectivity index (χ4n) is 4.07. The predicted octanol–water partition coefficient (Wildman–Crippen LogP) is 3.87. The largest absolute Gasteiger partial charge is 0.508 e. The first kappa shape index (κ1) is 21.6. The summed E-state index contributed by atoms with van der Waals surface area (Å²) in [5, 5.41) is 27.4. The van der Waals surface area contributed by atoms with Gasteiger partial charge in [-0.25, -0.2) is 9.37 Å². The van der Waals surface area contributed by atoms with Crippen molar-refractivity contribution in [2.24, 2.45) is 5.73 Å². The molecule has 0 spiro atoms. The van der Waals surface area contributed by atoms with E-state index < -0.39 is 5.82 Å². The number of furan rings is 1. The molecular formula is C22H20ClFN6O2. The number of nitrogens with one attached hydrogen (secondary N) is 1. The number of anilines is 1. The summed E-state index contributed by atoms with van der Waals surface area (Å²) in [7, 11) is 0. The van der Waals surface area contributed by atoms with Gasteiger partial charge in [-0.05, 0) is 31.5 Å². The highest BCUT2D eigenvalue weighted by Crippen LogP contribution is 2.40. The topological polar surface area (TPSA) is 128 Å². The molecule has 32 heavy (non-hydrogen) atoms. The van der Waals surface area contributed by atoms with E-state index in [1.54, 1.807) is 6.07 Å². The van der Waals surface area contributed by atoms with Crippen LogP contribution in [0.2, 0.25) is 0 Å². The van der Waals surface area contributed by atoms with Crippen molar-refractivity contribution in [2.75, 3.05) is 18.0 Å². The molecule has 0 saturated carbocycles. The van der Waals surface area contributed by atoms with Crippen molar-refractivity contribution in [3.63, 3.8) is 0 Å². The highest BCUT2D eigenvalue weighted by molar-refractivity contribution is 5.99. The molecule has 1 atom stereocenters. The fourth-order valence-corrected chi connectivity index (χ4v) is 4.07. The minimum atomic E-state index is -0.687. The number of pyridine rings is 1. The third kappa shape index (κ3) is 3.43. The van der Waals surface area contributed by atoms with Crippen molar-refractivity contribution in [2.45, 2.75) is 19.4 Å². The Morgan fingerprint density at radius 3 is 2.84 bits per heavy atom. The summed E-state index contributed by atoms with van der Waals surface area (Å²) in [5.74, 6) is 0.226. The van der Waals surface area contributed by atoms with Gasteiger partial charge in [0.1, 0.15) is 23.4 Å². The van der Waals surface area contributed by atoms with Crippen molar-refractivity contribution in [1.29, 1.82) is 5.26 Å². The zero-order chi connectivity index (χ0) is 21.7. The van der Waals surface area contributed by atoms with Crippen LogP contribution in [0.25, 0.3) is 33.6 Å². The number of aromatic amines is 1. The van der Waals surface area contributed by atoms with Crippen LogP contribution >= 0.6 is 12.4 Å². The molecule has 8 nitrogen and oxygen atoms in total. The molecule has 0 unspecified atom stereocenters. The quantitative estimate of drug-likeness (QED) is 0.428. The van der Waals surface area contributed by atoms with Gasteiger partial charge in [-0.1, -0.05) is 0 Å². The molecule has 4 aromatic rings. The number of aromatic nitrogens is 3. The van der Waals surface area contributed by atoms with E-state index in [2.05, 4.69) is 26.2 Å². The van der Waals surface area contributed by atoms with Crippen molar-refractivity contribution in [3.05, 3.63) is 47.4 Å². The number of nitrogens with two attached hydrogens (primary N) is 1. The van der Waals surface area contributed by atoms with E-state index in [0.717, 1.165) is 19.0 Å². The molecule has 0 amide bonds. The van der Waals surface area contributed by atoms with Crippen LogP contribution < -0.4 is 10.6 Å². The number of phenols is 1. The number of nitrogens with zero attached hydrogens (tertiary/aromatic N) is 4. The monoisotopic (exact) mass is 454 g/mol. The maximum atomic E-state index is 14.7. The molecule has 4 N–H and O–H groups in total. The van der Waals surface area contributed by atoms with E-state index in [9.17, 15) is 14.8 Å². The first-order chi connectivity index (χ1) is 15.0. The van der Waals surface area contributed by atoms with Crippen LogP contribution in [0.3, 0.4) is 0 Å². The Balaban J connectivity index is 0.00000245. The number of H-pyrrole nitrogens is 1. The Morgan fingerprint density at radius 1 is 1.34 bits per heavy atom. The fraction of sp³-hybridized carbons (Fsp3) is 0.227. The average Bonchev–Trinajstić information content (AvgIpc) is 3.47. The number of aromatic hydroxyl groups is 1. The van der Waals surface area contributed by atoms with Crippen LogP contribution in [0.5, 0.6) is 5.75 Å². The summed E-state index contributed by atoms with van der Waals surface area (Å²) in [6, 6.07) is 9.63. The summed E-state index contributed by atoms with van der Waals surface area (Å²) in [6.07, 6.45) is 0.879. The minimum Gasteiger partial charge on any atom is -0.508 e. The Labute approximate surface area is 188 Å². The van der Waals surface area contributed by atoms with Gasteiger partial charge < -0.3 is 20.2 Å². The first-order valence-corrected chi connectivity index (χ1v) is 9.84. The molecule has 1 aliphatic heterocycles. The van der Waals surface area contributed by atoms with E-state index in [-0.39, 0.29) is 41.0 Å². The van der Waals surface area contributed by atoms with E-state index in [1.807, 2.05) is 13.0 Å². The predicted molar refractivity (Wildman–Crippen MR) is 120 cm³/mol. The van der Waals surface area contributed by atoms with Crippen molar-refractivity contribution in [3.8, 4) is 34.4 Å². The van der Waals surface area contributed by atoms with Gasteiger partial charge in [-0.3, -0.25) is 5.10 Å².